The van der Waals surface area contributed by atoms with Gasteiger partial charge in [0.1, 0.15) is 0 Å². The van der Waals surface area contributed by atoms with E-state index in [-0.39, 0.29) is 27.5 Å². The number of nitro groups is 2. The number of halogens is 3. The summed E-state index contributed by atoms with van der Waals surface area (Å²) in [5, 5.41) is 35.4. The molecule has 1 amide bonds. The van der Waals surface area contributed by atoms with Crippen molar-refractivity contribution in [2.45, 2.75) is 24.7 Å². The van der Waals surface area contributed by atoms with Crippen molar-refractivity contribution < 1.29 is 32.9 Å². The standard InChI is InChI=1S/C18H13F3N4O6/c19-18(20,21)17(27)10-15(12-2-1-3-14(9-12)25(30)31)22-23(17)16(26)8-11-4-6-13(7-5-11)24(28)29/h1-7,9,27H,8,10H2/t17-/m0/s1. The van der Waals surface area contributed by atoms with Crippen LogP contribution in [0.15, 0.2) is 53.6 Å². The molecule has 3 rings (SSSR count). The van der Waals surface area contributed by atoms with Crippen molar-refractivity contribution in [2.75, 3.05) is 0 Å². The molecular formula is C18H13F3N4O6. The van der Waals surface area contributed by atoms with Crippen LogP contribution in [0.4, 0.5) is 24.5 Å². The molecule has 1 N–H and O–H groups in total. The second kappa shape index (κ2) is 7.75. The average molecular weight is 438 g/mol. The molecule has 0 aromatic heterocycles. The summed E-state index contributed by atoms with van der Waals surface area (Å²) in [7, 11) is 0. The first-order valence-electron chi connectivity index (χ1n) is 8.60. The highest BCUT2D eigenvalue weighted by molar-refractivity contribution is 6.04. The van der Waals surface area contributed by atoms with Crippen molar-refractivity contribution in [3.63, 3.8) is 0 Å². The summed E-state index contributed by atoms with van der Waals surface area (Å²) >= 11 is 0. The highest BCUT2D eigenvalue weighted by atomic mass is 19.4. The Kier molecular flexibility index (Phi) is 5.46. The normalized spacial score (nSPS) is 18.6. The molecule has 162 valence electrons. The lowest BCUT2D eigenvalue weighted by Crippen LogP contribution is -2.57. The van der Waals surface area contributed by atoms with Gasteiger partial charge in [-0.15, -0.1) is 0 Å². The number of amides is 1. The summed E-state index contributed by atoms with van der Waals surface area (Å²) in [6, 6.07) is 9.19. The molecule has 1 aliphatic rings. The summed E-state index contributed by atoms with van der Waals surface area (Å²) < 4.78 is 40.9. The molecule has 1 heterocycles. The third-order valence-corrected chi connectivity index (χ3v) is 4.57. The summed E-state index contributed by atoms with van der Waals surface area (Å²) in [5.74, 6) is -1.21. The fraction of sp³-hybridized carbons (Fsp3) is 0.222. The first kappa shape index (κ1) is 21.8. The summed E-state index contributed by atoms with van der Waals surface area (Å²) in [4.78, 5) is 32.8. The van der Waals surface area contributed by atoms with Gasteiger partial charge >= 0.3 is 6.18 Å². The van der Waals surface area contributed by atoms with Gasteiger partial charge in [-0.1, -0.05) is 24.3 Å². The zero-order valence-corrected chi connectivity index (χ0v) is 15.4. The predicted octanol–water partition coefficient (Wildman–Crippen LogP) is 2.93. The van der Waals surface area contributed by atoms with E-state index in [2.05, 4.69) is 5.10 Å². The van der Waals surface area contributed by atoms with Crippen LogP contribution in [0.25, 0.3) is 0 Å². The van der Waals surface area contributed by atoms with Crippen molar-refractivity contribution in [1.82, 2.24) is 5.01 Å². The molecule has 13 heteroatoms. The second-order valence-corrected chi connectivity index (χ2v) is 6.65. The zero-order valence-electron chi connectivity index (χ0n) is 15.4. The lowest BCUT2D eigenvalue weighted by Gasteiger charge is -2.32. The Morgan fingerprint density at radius 3 is 2.26 bits per heavy atom. The number of aliphatic hydroxyl groups is 1. The van der Waals surface area contributed by atoms with Crippen LogP contribution in [0.3, 0.4) is 0 Å². The number of carbonyl (C=O) groups excluding carboxylic acids is 1. The van der Waals surface area contributed by atoms with Gasteiger partial charge in [-0.05, 0) is 5.56 Å². The molecule has 2 aromatic rings. The first-order valence-corrected chi connectivity index (χ1v) is 8.60. The van der Waals surface area contributed by atoms with Gasteiger partial charge in [-0.25, -0.2) is 0 Å². The molecule has 1 aliphatic heterocycles. The Morgan fingerprint density at radius 2 is 1.71 bits per heavy atom. The smallest absolute Gasteiger partial charge is 0.362 e. The van der Waals surface area contributed by atoms with E-state index in [1.54, 1.807) is 0 Å². The molecule has 31 heavy (non-hydrogen) atoms. The second-order valence-electron chi connectivity index (χ2n) is 6.65. The molecule has 0 fully saturated rings. The number of alkyl halides is 3. The molecule has 0 spiro atoms. The highest BCUT2D eigenvalue weighted by Crippen LogP contribution is 2.41. The number of nitrogens with zero attached hydrogens (tertiary/aromatic N) is 4. The van der Waals surface area contributed by atoms with Crippen molar-refractivity contribution >= 4 is 23.0 Å². The third kappa shape index (κ3) is 4.21. The number of benzene rings is 2. The maximum atomic E-state index is 13.6. The monoisotopic (exact) mass is 438 g/mol. The van der Waals surface area contributed by atoms with E-state index in [0.29, 0.717) is 0 Å². The maximum absolute atomic E-state index is 13.6. The Balaban J connectivity index is 1.94. The van der Waals surface area contributed by atoms with Crippen LogP contribution in [-0.4, -0.2) is 43.5 Å². The van der Waals surface area contributed by atoms with Crippen molar-refractivity contribution in [1.29, 1.82) is 0 Å². The molecule has 0 bridgehead atoms. The summed E-state index contributed by atoms with van der Waals surface area (Å²) in [6.45, 7) is 0. The van der Waals surface area contributed by atoms with Gasteiger partial charge in [-0.3, -0.25) is 25.0 Å². The largest absolute Gasteiger partial charge is 0.438 e. The third-order valence-electron chi connectivity index (χ3n) is 4.57. The molecular weight excluding hydrogens is 425 g/mol. The Bertz CT molecular complexity index is 1090. The number of hydrogen-bond acceptors (Lipinski definition) is 7. The Morgan fingerprint density at radius 1 is 1.10 bits per heavy atom. The maximum Gasteiger partial charge on any atom is 0.438 e. The van der Waals surface area contributed by atoms with Gasteiger partial charge in [0.05, 0.1) is 28.4 Å². The van der Waals surface area contributed by atoms with Gasteiger partial charge < -0.3 is 5.11 Å². The molecule has 0 saturated heterocycles. The predicted molar refractivity (Wildman–Crippen MR) is 98.9 cm³/mol. The van der Waals surface area contributed by atoms with Gasteiger partial charge in [0.2, 0.25) is 5.91 Å². The fourth-order valence-corrected chi connectivity index (χ4v) is 2.97. The average Bonchev–Trinajstić information content (AvgIpc) is 3.07. The first-order chi connectivity index (χ1) is 14.4. The van der Waals surface area contributed by atoms with Crippen LogP contribution < -0.4 is 0 Å². The number of hydrazone groups is 1. The lowest BCUT2D eigenvalue weighted by molar-refractivity contribution is -0.385. The van der Waals surface area contributed by atoms with Crippen LogP contribution in [0.1, 0.15) is 17.5 Å². The van der Waals surface area contributed by atoms with Crippen molar-refractivity contribution in [3.05, 3.63) is 79.9 Å². The quantitative estimate of drug-likeness (QED) is 0.562. The lowest BCUT2D eigenvalue weighted by atomic mass is 10.00. The molecule has 2 aromatic carbocycles. The van der Waals surface area contributed by atoms with E-state index in [9.17, 15) is 43.3 Å². The minimum absolute atomic E-state index is 0.0532. The van der Waals surface area contributed by atoms with E-state index in [4.69, 9.17) is 0 Å². The molecule has 0 unspecified atom stereocenters. The summed E-state index contributed by atoms with van der Waals surface area (Å²) in [6.07, 6.45) is -7.02. The van der Waals surface area contributed by atoms with Crippen LogP contribution in [-0.2, 0) is 11.2 Å². The minimum Gasteiger partial charge on any atom is -0.362 e. The topological polar surface area (TPSA) is 139 Å². The van der Waals surface area contributed by atoms with Crippen molar-refractivity contribution in [3.8, 4) is 0 Å². The van der Waals surface area contributed by atoms with Gasteiger partial charge in [0.25, 0.3) is 17.1 Å². The summed E-state index contributed by atoms with van der Waals surface area (Å²) in [5.41, 5.74) is -4.56. The molecule has 0 radical (unpaired) electrons. The molecule has 1 atom stereocenters. The van der Waals surface area contributed by atoms with Crippen LogP contribution in [0.2, 0.25) is 0 Å². The van der Waals surface area contributed by atoms with Crippen LogP contribution in [0, 0.1) is 20.2 Å². The number of rotatable bonds is 5. The van der Waals surface area contributed by atoms with Gasteiger partial charge in [0.15, 0.2) is 0 Å². The fourth-order valence-electron chi connectivity index (χ4n) is 2.97. The number of carbonyl (C=O) groups is 1. The van der Waals surface area contributed by atoms with E-state index in [1.165, 1.54) is 24.3 Å². The molecule has 0 aliphatic carbocycles. The minimum atomic E-state index is -5.27. The van der Waals surface area contributed by atoms with Crippen LogP contribution in [0.5, 0.6) is 0 Å². The van der Waals surface area contributed by atoms with E-state index >= 15 is 0 Å². The van der Waals surface area contributed by atoms with Gasteiger partial charge in [0, 0.05) is 29.8 Å². The van der Waals surface area contributed by atoms with E-state index < -0.39 is 46.2 Å². The highest BCUT2D eigenvalue weighted by Gasteiger charge is 2.63. The number of non-ortho nitro benzene ring substituents is 2. The van der Waals surface area contributed by atoms with E-state index in [1.807, 2.05) is 0 Å². The van der Waals surface area contributed by atoms with Crippen LogP contribution >= 0.6 is 0 Å². The SMILES string of the molecule is O=C(Cc1ccc([N+](=O)[O-])cc1)N1N=C(c2cccc([N+](=O)[O-])c2)C[C@]1(O)C(F)(F)F. The Labute approximate surface area is 171 Å². The molecule has 0 saturated carbocycles. The molecule has 10 nitrogen and oxygen atoms in total. The Hall–Kier alpha value is -3.87. The van der Waals surface area contributed by atoms with Crippen molar-refractivity contribution in [2.24, 2.45) is 5.10 Å². The van der Waals surface area contributed by atoms with E-state index in [0.717, 1.165) is 24.3 Å². The zero-order chi connectivity index (χ0) is 23.0. The van der Waals surface area contributed by atoms with Gasteiger partial charge in [-0.2, -0.15) is 23.3 Å². The number of hydrogen-bond donors (Lipinski definition) is 1. The number of nitro benzene ring substituents is 2.